The van der Waals surface area contributed by atoms with E-state index in [4.69, 9.17) is 4.74 Å². The molecule has 1 fully saturated rings. The number of carbonyl (C=O) groups excluding carboxylic acids is 1. The molecular formula is C19H27N5O2. The predicted molar refractivity (Wildman–Crippen MR) is 97.5 cm³/mol. The van der Waals surface area contributed by atoms with Crippen LogP contribution in [0.15, 0.2) is 30.3 Å². The van der Waals surface area contributed by atoms with Crippen LogP contribution in [0.2, 0.25) is 0 Å². The monoisotopic (exact) mass is 357 g/mol. The fourth-order valence-electron chi connectivity index (χ4n) is 3.56. The lowest BCUT2D eigenvalue weighted by Crippen LogP contribution is -2.50. The predicted octanol–water partition coefficient (Wildman–Crippen LogP) is 2.28. The molecule has 1 unspecified atom stereocenters. The van der Waals surface area contributed by atoms with E-state index in [0.717, 1.165) is 18.7 Å². The standard InChI is InChI=1S/C19H27N5O2/c1-14-21-23-24(22-14)16(15-8-6-5-7-9-15)19(10-12-20-13-11-19)17(25)26-18(2,3)4/h5-9,16,20H,10-13H2,1-4H3. The zero-order valence-corrected chi connectivity index (χ0v) is 15.9. The fourth-order valence-corrected chi connectivity index (χ4v) is 3.56. The molecule has 1 aliphatic heterocycles. The number of esters is 1. The zero-order chi connectivity index (χ0) is 18.8. The van der Waals surface area contributed by atoms with Crippen LogP contribution in [-0.4, -0.2) is 44.9 Å². The molecular weight excluding hydrogens is 330 g/mol. The van der Waals surface area contributed by atoms with Gasteiger partial charge in [0.05, 0.1) is 5.41 Å². The Balaban J connectivity index is 2.11. The lowest BCUT2D eigenvalue weighted by molar-refractivity contribution is -0.172. The van der Waals surface area contributed by atoms with Crippen LogP contribution < -0.4 is 5.32 Å². The number of ether oxygens (including phenoxy) is 1. The summed E-state index contributed by atoms with van der Waals surface area (Å²) in [6.45, 7) is 8.99. The SMILES string of the molecule is Cc1nnn(C(c2ccccc2)C2(C(=O)OC(C)(C)C)CCNCC2)n1. The van der Waals surface area contributed by atoms with Gasteiger partial charge in [-0.05, 0) is 64.4 Å². The highest BCUT2D eigenvalue weighted by atomic mass is 16.6. The van der Waals surface area contributed by atoms with E-state index in [2.05, 4.69) is 20.7 Å². The molecule has 0 aliphatic carbocycles. The van der Waals surface area contributed by atoms with Crippen molar-refractivity contribution >= 4 is 5.97 Å². The third-order valence-electron chi connectivity index (χ3n) is 4.70. The van der Waals surface area contributed by atoms with Crippen molar-refractivity contribution in [1.82, 2.24) is 25.5 Å². The van der Waals surface area contributed by atoms with Gasteiger partial charge >= 0.3 is 5.97 Å². The highest BCUT2D eigenvalue weighted by molar-refractivity contribution is 5.79. The van der Waals surface area contributed by atoms with Gasteiger partial charge in [0.2, 0.25) is 0 Å². The number of hydrogen-bond acceptors (Lipinski definition) is 6. The van der Waals surface area contributed by atoms with Gasteiger partial charge in [-0.15, -0.1) is 10.2 Å². The average molecular weight is 357 g/mol. The molecule has 7 heteroatoms. The topological polar surface area (TPSA) is 81.9 Å². The van der Waals surface area contributed by atoms with Gasteiger partial charge in [0.1, 0.15) is 11.6 Å². The molecule has 1 N–H and O–H groups in total. The van der Waals surface area contributed by atoms with Gasteiger partial charge in [0.15, 0.2) is 5.82 Å². The number of carbonyl (C=O) groups is 1. The van der Waals surface area contributed by atoms with E-state index >= 15 is 0 Å². The first-order valence-electron chi connectivity index (χ1n) is 9.07. The van der Waals surface area contributed by atoms with Gasteiger partial charge in [-0.1, -0.05) is 30.3 Å². The first kappa shape index (κ1) is 18.5. The zero-order valence-electron chi connectivity index (χ0n) is 15.9. The molecule has 0 saturated carbocycles. The van der Waals surface area contributed by atoms with Gasteiger partial charge in [-0.25, -0.2) is 0 Å². The third-order valence-corrected chi connectivity index (χ3v) is 4.70. The van der Waals surface area contributed by atoms with E-state index in [0.29, 0.717) is 18.7 Å². The average Bonchev–Trinajstić information content (AvgIpc) is 3.01. The fraction of sp³-hybridized carbons (Fsp3) is 0.579. The summed E-state index contributed by atoms with van der Waals surface area (Å²) in [4.78, 5) is 15.0. The normalized spacial score (nSPS) is 18.3. The molecule has 1 aliphatic rings. The second-order valence-electron chi connectivity index (χ2n) is 7.88. The summed E-state index contributed by atoms with van der Waals surface area (Å²) in [5.74, 6) is 0.384. The van der Waals surface area contributed by atoms with Gasteiger partial charge in [-0.2, -0.15) is 4.80 Å². The number of rotatable bonds is 4. The van der Waals surface area contributed by atoms with Gasteiger partial charge in [0, 0.05) is 0 Å². The Morgan fingerprint density at radius 2 is 1.88 bits per heavy atom. The molecule has 3 rings (SSSR count). The number of benzene rings is 1. The number of nitrogens with one attached hydrogen (secondary N) is 1. The number of aromatic nitrogens is 4. The van der Waals surface area contributed by atoms with Crippen molar-refractivity contribution in [3.05, 3.63) is 41.7 Å². The van der Waals surface area contributed by atoms with Crippen molar-refractivity contribution in [3.63, 3.8) is 0 Å². The molecule has 0 spiro atoms. The molecule has 140 valence electrons. The molecule has 1 saturated heterocycles. The number of hydrogen-bond donors (Lipinski definition) is 1. The molecule has 0 radical (unpaired) electrons. The Labute approximate surface area is 154 Å². The molecule has 26 heavy (non-hydrogen) atoms. The minimum Gasteiger partial charge on any atom is -0.459 e. The van der Waals surface area contributed by atoms with Crippen LogP contribution in [0.25, 0.3) is 0 Å². The Kier molecular flexibility index (Phi) is 5.09. The van der Waals surface area contributed by atoms with Crippen molar-refractivity contribution in [2.24, 2.45) is 5.41 Å². The first-order chi connectivity index (χ1) is 12.3. The summed E-state index contributed by atoms with van der Waals surface area (Å²) in [5, 5.41) is 16.1. The number of nitrogens with zero attached hydrogens (tertiary/aromatic N) is 4. The Bertz CT molecular complexity index is 745. The van der Waals surface area contributed by atoms with E-state index in [1.54, 1.807) is 11.7 Å². The van der Waals surface area contributed by atoms with E-state index in [9.17, 15) is 4.79 Å². The van der Waals surface area contributed by atoms with Crippen molar-refractivity contribution < 1.29 is 9.53 Å². The smallest absolute Gasteiger partial charge is 0.315 e. The third kappa shape index (κ3) is 3.77. The van der Waals surface area contributed by atoms with Gasteiger partial charge in [-0.3, -0.25) is 4.79 Å². The molecule has 1 atom stereocenters. The second kappa shape index (κ2) is 7.15. The van der Waals surface area contributed by atoms with Crippen LogP contribution in [0.4, 0.5) is 0 Å². The van der Waals surface area contributed by atoms with Crippen LogP contribution in [0.5, 0.6) is 0 Å². The summed E-state index contributed by atoms with van der Waals surface area (Å²) >= 11 is 0. The summed E-state index contributed by atoms with van der Waals surface area (Å²) in [5.41, 5.74) is -0.313. The van der Waals surface area contributed by atoms with E-state index in [-0.39, 0.29) is 12.0 Å². The maximum Gasteiger partial charge on any atom is 0.315 e. The molecule has 1 aromatic carbocycles. The van der Waals surface area contributed by atoms with Gasteiger partial charge in [0.25, 0.3) is 0 Å². The summed E-state index contributed by atoms with van der Waals surface area (Å²) in [6, 6.07) is 9.56. The maximum absolute atomic E-state index is 13.4. The molecule has 0 amide bonds. The van der Waals surface area contributed by atoms with Crippen molar-refractivity contribution in [2.75, 3.05) is 13.1 Å². The van der Waals surface area contributed by atoms with Crippen LogP contribution in [0.1, 0.15) is 51.0 Å². The molecule has 2 aromatic rings. The van der Waals surface area contributed by atoms with E-state index in [1.807, 2.05) is 51.1 Å². The summed E-state index contributed by atoms with van der Waals surface area (Å²) < 4.78 is 5.86. The largest absolute Gasteiger partial charge is 0.459 e. The van der Waals surface area contributed by atoms with Crippen LogP contribution in [-0.2, 0) is 9.53 Å². The molecule has 1 aromatic heterocycles. The van der Waals surface area contributed by atoms with Crippen molar-refractivity contribution in [1.29, 1.82) is 0 Å². The lowest BCUT2D eigenvalue weighted by atomic mass is 9.70. The quantitative estimate of drug-likeness (QED) is 0.846. The second-order valence-corrected chi connectivity index (χ2v) is 7.88. The number of tetrazole rings is 1. The summed E-state index contributed by atoms with van der Waals surface area (Å²) in [6.07, 6.45) is 1.31. The van der Waals surface area contributed by atoms with Gasteiger partial charge < -0.3 is 10.1 Å². The van der Waals surface area contributed by atoms with Crippen molar-refractivity contribution in [2.45, 2.75) is 52.2 Å². The van der Waals surface area contributed by atoms with Crippen molar-refractivity contribution in [3.8, 4) is 0 Å². The van der Waals surface area contributed by atoms with Crippen LogP contribution >= 0.6 is 0 Å². The number of aryl methyl sites for hydroxylation is 1. The molecule has 0 bridgehead atoms. The Hall–Kier alpha value is -2.28. The minimum atomic E-state index is -0.743. The molecule has 2 heterocycles. The van der Waals surface area contributed by atoms with E-state index in [1.165, 1.54) is 0 Å². The summed E-state index contributed by atoms with van der Waals surface area (Å²) in [7, 11) is 0. The molecule has 7 nitrogen and oxygen atoms in total. The Morgan fingerprint density at radius 1 is 1.23 bits per heavy atom. The lowest BCUT2D eigenvalue weighted by Gasteiger charge is -2.42. The van der Waals surface area contributed by atoms with Crippen LogP contribution in [0.3, 0.4) is 0 Å². The number of piperidine rings is 1. The van der Waals surface area contributed by atoms with Crippen LogP contribution in [0, 0.1) is 12.3 Å². The van der Waals surface area contributed by atoms with E-state index < -0.39 is 11.0 Å². The Morgan fingerprint density at radius 3 is 2.42 bits per heavy atom. The maximum atomic E-state index is 13.4. The highest BCUT2D eigenvalue weighted by Gasteiger charge is 2.51. The first-order valence-corrected chi connectivity index (χ1v) is 9.07. The highest BCUT2D eigenvalue weighted by Crippen LogP contribution is 2.45. The minimum absolute atomic E-state index is 0.199.